The molecule has 0 aromatic carbocycles. The average Bonchev–Trinajstić information content (AvgIpc) is 2.69. The van der Waals surface area contributed by atoms with Gasteiger partial charge in [-0.3, -0.25) is 0 Å². The summed E-state index contributed by atoms with van der Waals surface area (Å²) in [6.45, 7) is 8.50. The number of hydrogen-bond acceptors (Lipinski definition) is 3. The summed E-state index contributed by atoms with van der Waals surface area (Å²) in [4.78, 5) is 11.1. The molecule has 0 aromatic heterocycles. The standard InChI is InChI=1S/C13H22O3.C2H6/c1-3-11-8-13(9-11)14-12(15-16-13)6-4-5-10(2)7-12;1-2/h10-11H,3-9H2,1-2H3;1-2H3. The summed E-state index contributed by atoms with van der Waals surface area (Å²) in [5.74, 6) is 0.669. The molecule has 3 aliphatic rings. The Kier molecular flexibility index (Phi) is 4.35. The highest BCUT2D eigenvalue weighted by molar-refractivity contribution is 4.93. The van der Waals surface area contributed by atoms with Crippen molar-refractivity contribution in [1.82, 2.24) is 0 Å². The fourth-order valence-electron chi connectivity index (χ4n) is 3.41. The Balaban J connectivity index is 0.000000574. The second kappa shape index (κ2) is 5.48. The number of hydrogen-bond donors (Lipinski definition) is 0. The zero-order valence-corrected chi connectivity index (χ0v) is 12.3. The number of ether oxygens (including phenoxy) is 1. The summed E-state index contributed by atoms with van der Waals surface area (Å²) in [5.41, 5.74) is 0. The van der Waals surface area contributed by atoms with Crippen molar-refractivity contribution in [3.8, 4) is 0 Å². The first-order valence-electron chi connectivity index (χ1n) is 7.72. The Labute approximate surface area is 111 Å². The van der Waals surface area contributed by atoms with Crippen LogP contribution in [0.5, 0.6) is 0 Å². The molecule has 2 saturated carbocycles. The molecule has 0 bridgehead atoms. The third-order valence-corrected chi connectivity index (χ3v) is 4.41. The van der Waals surface area contributed by atoms with Gasteiger partial charge < -0.3 is 4.74 Å². The van der Waals surface area contributed by atoms with Gasteiger partial charge in [0.05, 0.1) is 0 Å². The van der Waals surface area contributed by atoms with E-state index in [2.05, 4.69) is 13.8 Å². The van der Waals surface area contributed by atoms with Gasteiger partial charge in [0.25, 0.3) is 0 Å². The van der Waals surface area contributed by atoms with Crippen molar-refractivity contribution in [2.45, 2.75) is 84.2 Å². The van der Waals surface area contributed by atoms with Crippen LogP contribution in [0.2, 0.25) is 0 Å². The molecule has 0 amide bonds. The Bertz CT molecular complexity index is 273. The van der Waals surface area contributed by atoms with Crippen LogP contribution >= 0.6 is 0 Å². The van der Waals surface area contributed by atoms with E-state index in [9.17, 15) is 0 Å². The number of rotatable bonds is 1. The van der Waals surface area contributed by atoms with Gasteiger partial charge in [0.2, 0.25) is 11.6 Å². The van der Waals surface area contributed by atoms with Crippen molar-refractivity contribution in [3.05, 3.63) is 0 Å². The van der Waals surface area contributed by atoms with Crippen LogP contribution in [0.3, 0.4) is 0 Å². The second-order valence-electron chi connectivity index (χ2n) is 5.97. The molecule has 106 valence electrons. The Morgan fingerprint density at radius 1 is 1.06 bits per heavy atom. The molecule has 0 aromatic rings. The van der Waals surface area contributed by atoms with E-state index in [0.717, 1.165) is 31.6 Å². The summed E-state index contributed by atoms with van der Waals surface area (Å²) in [7, 11) is 0. The van der Waals surface area contributed by atoms with Crippen molar-refractivity contribution in [2.24, 2.45) is 11.8 Å². The van der Waals surface area contributed by atoms with Gasteiger partial charge in [0.1, 0.15) is 0 Å². The fraction of sp³-hybridized carbons (Fsp3) is 1.00. The fourth-order valence-corrected chi connectivity index (χ4v) is 3.41. The molecule has 3 rings (SSSR count). The minimum absolute atomic E-state index is 0.377. The van der Waals surface area contributed by atoms with Gasteiger partial charge in [0, 0.05) is 25.7 Å². The molecule has 2 aliphatic carbocycles. The largest absolute Gasteiger partial charge is 0.312 e. The second-order valence-corrected chi connectivity index (χ2v) is 5.97. The Morgan fingerprint density at radius 3 is 2.33 bits per heavy atom. The lowest BCUT2D eigenvalue weighted by atomic mass is 9.77. The van der Waals surface area contributed by atoms with Crippen LogP contribution in [0.4, 0.5) is 0 Å². The van der Waals surface area contributed by atoms with Gasteiger partial charge in [0.15, 0.2) is 0 Å². The maximum Gasteiger partial charge on any atom is 0.205 e. The lowest BCUT2D eigenvalue weighted by molar-refractivity contribution is -0.372. The topological polar surface area (TPSA) is 27.7 Å². The molecule has 2 atom stereocenters. The molecule has 18 heavy (non-hydrogen) atoms. The van der Waals surface area contributed by atoms with E-state index in [0.29, 0.717) is 5.92 Å². The molecule has 3 heteroatoms. The van der Waals surface area contributed by atoms with E-state index in [1.165, 1.54) is 19.3 Å². The van der Waals surface area contributed by atoms with Crippen LogP contribution in [0.1, 0.15) is 72.6 Å². The van der Waals surface area contributed by atoms with Crippen LogP contribution < -0.4 is 0 Å². The molecular formula is C15H28O3. The highest BCUT2D eigenvalue weighted by Crippen LogP contribution is 2.54. The van der Waals surface area contributed by atoms with Gasteiger partial charge in [-0.15, -0.1) is 0 Å². The minimum atomic E-state index is -0.406. The molecule has 2 spiro atoms. The maximum absolute atomic E-state index is 6.17. The SMILES string of the molecule is CC.CCC1CC2(C1)OOC1(CCCC(C)C1)O2. The first-order valence-corrected chi connectivity index (χ1v) is 7.72. The summed E-state index contributed by atoms with van der Waals surface area (Å²) < 4.78 is 6.17. The molecular weight excluding hydrogens is 228 g/mol. The van der Waals surface area contributed by atoms with Gasteiger partial charge in [-0.1, -0.05) is 40.5 Å². The molecule has 1 saturated heterocycles. The van der Waals surface area contributed by atoms with E-state index in [4.69, 9.17) is 14.5 Å². The highest BCUT2D eigenvalue weighted by atomic mass is 17.3. The van der Waals surface area contributed by atoms with E-state index in [1.807, 2.05) is 13.8 Å². The predicted octanol–water partition coefficient (Wildman–Crippen LogP) is 4.41. The molecule has 3 fully saturated rings. The smallest absolute Gasteiger partial charge is 0.205 e. The third kappa shape index (κ3) is 2.59. The van der Waals surface area contributed by atoms with Crippen LogP contribution in [0.15, 0.2) is 0 Å². The van der Waals surface area contributed by atoms with Crippen LogP contribution in [0.25, 0.3) is 0 Å². The average molecular weight is 256 g/mol. The quantitative estimate of drug-likeness (QED) is 0.650. The summed E-state index contributed by atoms with van der Waals surface area (Å²) in [6.07, 6.45) is 7.72. The molecule has 0 N–H and O–H groups in total. The summed E-state index contributed by atoms with van der Waals surface area (Å²) in [5, 5.41) is 0. The van der Waals surface area contributed by atoms with E-state index in [1.54, 1.807) is 0 Å². The zero-order chi connectivity index (χ0) is 13.2. The van der Waals surface area contributed by atoms with Crippen molar-refractivity contribution in [1.29, 1.82) is 0 Å². The van der Waals surface area contributed by atoms with Gasteiger partial charge in [-0.2, -0.15) is 9.78 Å². The van der Waals surface area contributed by atoms with Crippen LogP contribution in [-0.4, -0.2) is 11.6 Å². The molecule has 0 radical (unpaired) electrons. The summed E-state index contributed by atoms with van der Waals surface area (Å²) in [6, 6.07) is 0. The van der Waals surface area contributed by atoms with E-state index in [-0.39, 0.29) is 5.79 Å². The van der Waals surface area contributed by atoms with Crippen molar-refractivity contribution >= 4 is 0 Å². The van der Waals surface area contributed by atoms with Crippen molar-refractivity contribution in [2.75, 3.05) is 0 Å². The minimum Gasteiger partial charge on any atom is -0.312 e. The van der Waals surface area contributed by atoms with Crippen LogP contribution in [-0.2, 0) is 14.5 Å². The molecule has 2 unspecified atom stereocenters. The Hall–Kier alpha value is -0.120. The third-order valence-electron chi connectivity index (χ3n) is 4.41. The van der Waals surface area contributed by atoms with E-state index >= 15 is 0 Å². The summed E-state index contributed by atoms with van der Waals surface area (Å²) >= 11 is 0. The van der Waals surface area contributed by atoms with Crippen LogP contribution in [0, 0.1) is 11.8 Å². The van der Waals surface area contributed by atoms with Gasteiger partial charge in [-0.05, 0) is 18.3 Å². The lowest BCUT2D eigenvalue weighted by Gasteiger charge is -2.42. The van der Waals surface area contributed by atoms with Gasteiger partial charge in [-0.25, -0.2) is 0 Å². The lowest BCUT2D eigenvalue weighted by Crippen LogP contribution is -2.47. The van der Waals surface area contributed by atoms with Crippen molar-refractivity contribution < 1.29 is 14.5 Å². The zero-order valence-electron chi connectivity index (χ0n) is 12.3. The molecule has 3 nitrogen and oxygen atoms in total. The predicted molar refractivity (Wildman–Crippen MR) is 70.7 cm³/mol. The Morgan fingerprint density at radius 2 is 1.72 bits per heavy atom. The maximum atomic E-state index is 6.17. The first-order chi connectivity index (χ1) is 8.65. The molecule has 1 heterocycles. The normalized spacial score (nSPS) is 46.7. The first kappa shape index (κ1) is 14.3. The van der Waals surface area contributed by atoms with Gasteiger partial charge >= 0.3 is 0 Å². The molecule has 1 aliphatic heterocycles. The van der Waals surface area contributed by atoms with Crippen molar-refractivity contribution in [3.63, 3.8) is 0 Å². The monoisotopic (exact) mass is 256 g/mol. The highest BCUT2D eigenvalue weighted by Gasteiger charge is 2.59. The van der Waals surface area contributed by atoms with E-state index < -0.39 is 5.79 Å².